The van der Waals surface area contributed by atoms with Crippen molar-refractivity contribution in [2.24, 2.45) is 0 Å². The van der Waals surface area contributed by atoms with Gasteiger partial charge in [-0.15, -0.1) is 0 Å². The fraction of sp³-hybridized carbons (Fsp3) is 0.278. The zero-order valence-electron chi connectivity index (χ0n) is 13.5. The summed E-state index contributed by atoms with van der Waals surface area (Å²) in [5.41, 5.74) is 2.05. The number of sulfonamides is 1. The molecule has 2 aromatic rings. The first-order chi connectivity index (χ1) is 10.8. The van der Waals surface area contributed by atoms with Crippen molar-refractivity contribution >= 4 is 21.5 Å². The average molecular weight is 331 g/mol. The summed E-state index contributed by atoms with van der Waals surface area (Å²) in [6.45, 7) is 5.66. The molecular formula is C18H21NO3S. The van der Waals surface area contributed by atoms with Gasteiger partial charge in [0.2, 0.25) is 0 Å². The number of Topliss-reactive ketones (excluding diaryl/α,β-unsaturated/α-hetero) is 1. The molecule has 2 rings (SSSR count). The SMILES string of the molecule is CC[C@H](C)c1ccc(NS(=O)(=O)c2cccc(C(C)=O)c2)cc1. The van der Waals surface area contributed by atoms with Crippen LogP contribution in [0.2, 0.25) is 0 Å². The van der Waals surface area contributed by atoms with E-state index >= 15 is 0 Å². The molecule has 0 amide bonds. The lowest BCUT2D eigenvalue weighted by molar-refractivity contribution is 0.101. The van der Waals surface area contributed by atoms with Crippen LogP contribution in [-0.2, 0) is 10.0 Å². The van der Waals surface area contributed by atoms with E-state index in [9.17, 15) is 13.2 Å². The Bertz CT molecular complexity index is 795. The standard InChI is InChI=1S/C18H21NO3S/c1-4-13(2)15-8-10-17(11-9-15)19-23(21,22)18-7-5-6-16(12-18)14(3)20/h5-13,19H,4H2,1-3H3/t13-/m0/s1. The van der Waals surface area contributed by atoms with E-state index in [0.29, 0.717) is 17.2 Å². The van der Waals surface area contributed by atoms with Crippen LogP contribution in [0.1, 0.15) is 49.0 Å². The van der Waals surface area contributed by atoms with Gasteiger partial charge in [0.25, 0.3) is 10.0 Å². The average Bonchev–Trinajstić information content (AvgIpc) is 2.54. The van der Waals surface area contributed by atoms with Crippen molar-refractivity contribution in [3.8, 4) is 0 Å². The highest BCUT2D eigenvalue weighted by Crippen LogP contribution is 2.22. The van der Waals surface area contributed by atoms with E-state index in [1.165, 1.54) is 24.6 Å². The van der Waals surface area contributed by atoms with E-state index in [2.05, 4.69) is 18.6 Å². The number of anilines is 1. The highest BCUT2D eigenvalue weighted by atomic mass is 32.2. The van der Waals surface area contributed by atoms with Gasteiger partial charge in [0, 0.05) is 11.3 Å². The van der Waals surface area contributed by atoms with Gasteiger partial charge in [-0.05, 0) is 49.1 Å². The predicted octanol–water partition coefficient (Wildman–Crippen LogP) is 4.20. The molecule has 0 unspecified atom stereocenters. The molecule has 0 aliphatic rings. The Kier molecular flexibility index (Phi) is 5.21. The molecule has 1 atom stereocenters. The molecule has 0 bridgehead atoms. The third-order valence-electron chi connectivity index (χ3n) is 3.90. The Morgan fingerprint density at radius 3 is 2.35 bits per heavy atom. The zero-order valence-corrected chi connectivity index (χ0v) is 14.4. The van der Waals surface area contributed by atoms with Crippen LogP contribution < -0.4 is 4.72 Å². The lowest BCUT2D eigenvalue weighted by Crippen LogP contribution is -2.13. The van der Waals surface area contributed by atoms with Crippen LogP contribution in [-0.4, -0.2) is 14.2 Å². The van der Waals surface area contributed by atoms with Gasteiger partial charge in [0.1, 0.15) is 0 Å². The van der Waals surface area contributed by atoms with Crippen LogP contribution in [0.4, 0.5) is 5.69 Å². The Labute approximate surface area is 137 Å². The maximum absolute atomic E-state index is 12.4. The second kappa shape index (κ2) is 6.96. The Hall–Kier alpha value is -2.14. The van der Waals surface area contributed by atoms with E-state index in [-0.39, 0.29) is 10.7 Å². The van der Waals surface area contributed by atoms with Gasteiger partial charge >= 0.3 is 0 Å². The quantitative estimate of drug-likeness (QED) is 0.807. The minimum absolute atomic E-state index is 0.0798. The second-order valence-corrected chi connectivity index (χ2v) is 7.30. The summed E-state index contributed by atoms with van der Waals surface area (Å²) < 4.78 is 27.4. The van der Waals surface area contributed by atoms with Gasteiger partial charge in [-0.2, -0.15) is 0 Å². The van der Waals surface area contributed by atoms with Crippen LogP contribution in [0.3, 0.4) is 0 Å². The fourth-order valence-electron chi connectivity index (χ4n) is 2.21. The van der Waals surface area contributed by atoms with Crippen molar-refractivity contribution in [2.45, 2.75) is 38.0 Å². The molecule has 0 aliphatic heterocycles. The van der Waals surface area contributed by atoms with Crippen LogP contribution in [0.15, 0.2) is 53.4 Å². The number of benzene rings is 2. The first kappa shape index (κ1) is 17.2. The van der Waals surface area contributed by atoms with E-state index in [1.54, 1.807) is 24.3 Å². The Balaban J connectivity index is 2.24. The summed E-state index contributed by atoms with van der Waals surface area (Å²) in [6, 6.07) is 13.4. The van der Waals surface area contributed by atoms with Crippen molar-refractivity contribution < 1.29 is 13.2 Å². The number of nitrogens with one attached hydrogen (secondary N) is 1. The van der Waals surface area contributed by atoms with Crippen LogP contribution in [0, 0.1) is 0 Å². The Morgan fingerprint density at radius 2 is 1.78 bits per heavy atom. The molecule has 0 spiro atoms. The summed E-state index contributed by atoms with van der Waals surface area (Å²) in [6.07, 6.45) is 1.03. The fourth-order valence-corrected chi connectivity index (χ4v) is 3.32. The lowest BCUT2D eigenvalue weighted by Gasteiger charge is -2.12. The third-order valence-corrected chi connectivity index (χ3v) is 5.27. The zero-order chi connectivity index (χ0) is 17.0. The molecule has 0 saturated carbocycles. The van der Waals surface area contributed by atoms with Gasteiger partial charge in [-0.3, -0.25) is 9.52 Å². The minimum Gasteiger partial charge on any atom is -0.295 e. The summed E-state index contributed by atoms with van der Waals surface area (Å²) in [7, 11) is -3.71. The predicted molar refractivity (Wildman–Crippen MR) is 92.4 cm³/mol. The lowest BCUT2D eigenvalue weighted by atomic mass is 9.99. The summed E-state index contributed by atoms with van der Waals surface area (Å²) >= 11 is 0. The molecule has 0 aliphatic carbocycles. The van der Waals surface area contributed by atoms with Crippen molar-refractivity contribution in [1.29, 1.82) is 0 Å². The third kappa shape index (κ3) is 4.20. The molecule has 23 heavy (non-hydrogen) atoms. The molecule has 0 saturated heterocycles. The van der Waals surface area contributed by atoms with Crippen LogP contribution >= 0.6 is 0 Å². The van der Waals surface area contributed by atoms with Crippen molar-refractivity contribution in [1.82, 2.24) is 0 Å². The van der Waals surface area contributed by atoms with Crippen molar-refractivity contribution in [3.05, 3.63) is 59.7 Å². The van der Waals surface area contributed by atoms with Gasteiger partial charge < -0.3 is 0 Å². The van der Waals surface area contributed by atoms with Gasteiger partial charge in [0.05, 0.1) is 4.90 Å². The van der Waals surface area contributed by atoms with Crippen molar-refractivity contribution in [3.63, 3.8) is 0 Å². The number of carbonyl (C=O) groups excluding carboxylic acids is 1. The first-order valence-corrected chi connectivity index (χ1v) is 9.05. The topological polar surface area (TPSA) is 63.2 Å². The monoisotopic (exact) mass is 331 g/mol. The normalized spacial score (nSPS) is 12.7. The van der Waals surface area contributed by atoms with Gasteiger partial charge in [0.15, 0.2) is 5.78 Å². The van der Waals surface area contributed by atoms with Crippen LogP contribution in [0.5, 0.6) is 0 Å². The minimum atomic E-state index is -3.71. The smallest absolute Gasteiger partial charge is 0.261 e. The van der Waals surface area contributed by atoms with Crippen molar-refractivity contribution in [2.75, 3.05) is 4.72 Å². The molecule has 0 aromatic heterocycles. The Morgan fingerprint density at radius 1 is 1.13 bits per heavy atom. The number of ketones is 1. The molecule has 0 fully saturated rings. The summed E-state index contributed by atoms with van der Waals surface area (Å²) in [4.78, 5) is 11.5. The molecule has 4 nitrogen and oxygen atoms in total. The second-order valence-electron chi connectivity index (χ2n) is 5.62. The molecule has 122 valence electrons. The van der Waals surface area contributed by atoms with Crippen LogP contribution in [0.25, 0.3) is 0 Å². The maximum atomic E-state index is 12.4. The van der Waals surface area contributed by atoms with E-state index in [1.807, 2.05) is 12.1 Å². The summed E-state index contributed by atoms with van der Waals surface area (Å²) in [5.74, 6) is 0.271. The number of carbonyl (C=O) groups is 1. The van der Waals surface area contributed by atoms with E-state index < -0.39 is 10.0 Å². The number of rotatable bonds is 6. The molecule has 2 aromatic carbocycles. The molecule has 0 heterocycles. The summed E-state index contributed by atoms with van der Waals surface area (Å²) in [5, 5.41) is 0. The molecule has 0 radical (unpaired) electrons. The van der Waals surface area contributed by atoms with Gasteiger partial charge in [-0.1, -0.05) is 38.1 Å². The molecular weight excluding hydrogens is 310 g/mol. The van der Waals surface area contributed by atoms with E-state index in [0.717, 1.165) is 6.42 Å². The largest absolute Gasteiger partial charge is 0.295 e. The highest BCUT2D eigenvalue weighted by molar-refractivity contribution is 7.92. The number of hydrogen-bond donors (Lipinski definition) is 1. The maximum Gasteiger partial charge on any atom is 0.261 e. The molecule has 5 heteroatoms. The highest BCUT2D eigenvalue weighted by Gasteiger charge is 2.15. The van der Waals surface area contributed by atoms with Gasteiger partial charge in [-0.25, -0.2) is 8.42 Å². The van der Waals surface area contributed by atoms with E-state index in [4.69, 9.17) is 0 Å². The number of hydrogen-bond acceptors (Lipinski definition) is 3. The first-order valence-electron chi connectivity index (χ1n) is 7.57. The molecule has 1 N–H and O–H groups in total.